The van der Waals surface area contributed by atoms with Gasteiger partial charge in [0.05, 0.1) is 41.1 Å². The van der Waals surface area contributed by atoms with Gasteiger partial charge < -0.3 is 19.3 Å². The number of carbonyl (C=O) groups excluding carboxylic acids is 1. The van der Waals surface area contributed by atoms with E-state index >= 15 is 0 Å². The summed E-state index contributed by atoms with van der Waals surface area (Å²) in [4.78, 5) is 43.8. The molecule has 9 nitrogen and oxygen atoms in total. The molecule has 3 aromatic carbocycles. The Labute approximate surface area is 258 Å². The van der Waals surface area contributed by atoms with Crippen LogP contribution >= 0.6 is 11.3 Å². The minimum atomic E-state index is -0.991. The molecule has 1 aromatic heterocycles. The molecule has 0 spiro atoms. The fraction of sp³-hybridized carbons (Fsp3) is 0.235. The second-order valence-corrected chi connectivity index (χ2v) is 11.1. The molecular formula is C34H32N2O7S. The van der Waals surface area contributed by atoms with Gasteiger partial charge in [-0.25, -0.2) is 14.6 Å². The zero-order valence-corrected chi connectivity index (χ0v) is 25.4. The summed E-state index contributed by atoms with van der Waals surface area (Å²) in [5.41, 5.74) is 3.15. The maximum absolute atomic E-state index is 14.0. The number of hydrogen-bond acceptors (Lipinski definition) is 8. The monoisotopic (exact) mass is 612 g/mol. The molecule has 0 amide bonds. The Hall–Kier alpha value is -4.96. The van der Waals surface area contributed by atoms with Crippen molar-refractivity contribution in [2.75, 3.05) is 13.7 Å². The molecule has 0 unspecified atom stereocenters. The SMILES string of the molecule is CCCC1=C(C(=O)OCC)[C@@H](c2cccc(OC)c2)n2c(s/c(=C\c3ccc(OCc4cccc(C(=O)O)c4)cc3)c2=O)=N1. The van der Waals surface area contributed by atoms with Gasteiger partial charge in [-0.05, 0) is 72.5 Å². The Balaban J connectivity index is 1.51. The Morgan fingerprint density at radius 2 is 1.80 bits per heavy atom. The topological polar surface area (TPSA) is 116 Å². The molecule has 1 aliphatic rings. The average molecular weight is 613 g/mol. The molecule has 0 saturated heterocycles. The fourth-order valence-corrected chi connectivity index (χ4v) is 6.04. The fourth-order valence-electron chi connectivity index (χ4n) is 5.02. The van der Waals surface area contributed by atoms with Crippen LogP contribution in [0.15, 0.2) is 93.9 Å². The van der Waals surface area contributed by atoms with Crippen LogP contribution in [0.5, 0.6) is 11.5 Å². The summed E-state index contributed by atoms with van der Waals surface area (Å²) in [6.45, 7) is 4.18. The minimum Gasteiger partial charge on any atom is -0.497 e. The van der Waals surface area contributed by atoms with Crippen LogP contribution in [-0.2, 0) is 16.1 Å². The maximum atomic E-state index is 14.0. The zero-order chi connectivity index (χ0) is 31.2. The van der Waals surface area contributed by atoms with Crippen molar-refractivity contribution in [1.29, 1.82) is 0 Å². The van der Waals surface area contributed by atoms with Gasteiger partial charge in [0.15, 0.2) is 4.80 Å². The van der Waals surface area contributed by atoms with E-state index < -0.39 is 18.0 Å². The van der Waals surface area contributed by atoms with Crippen molar-refractivity contribution in [2.45, 2.75) is 39.3 Å². The molecule has 0 aliphatic carbocycles. The van der Waals surface area contributed by atoms with E-state index in [0.717, 1.165) is 23.1 Å². The van der Waals surface area contributed by atoms with E-state index in [4.69, 9.17) is 19.2 Å². The summed E-state index contributed by atoms with van der Waals surface area (Å²) in [6.07, 6.45) is 3.11. The summed E-state index contributed by atoms with van der Waals surface area (Å²) in [5.74, 6) is -0.272. The van der Waals surface area contributed by atoms with E-state index in [1.807, 2.05) is 43.3 Å². The molecule has 0 saturated carbocycles. The lowest BCUT2D eigenvalue weighted by Crippen LogP contribution is -2.40. The lowest BCUT2D eigenvalue weighted by atomic mass is 9.94. The van der Waals surface area contributed by atoms with Gasteiger partial charge in [-0.1, -0.05) is 61.1 Å². The number of fused-ring (bicyclic) bond motifs is 1. The number of allylic oxidation sites excluding steroid dienone is 1. The van der Waals surface area contributed by atoms with Crippen molar-refractivity contribution in [1.82, 2.24) is 4.57 Å². The highest BCUT2D eigenvalue weighted by molar-refractivity contribution is 7.07. The summed E-state index contributed by atoms with van der Waals surface area (Å²) < 4.78 is 18.8. The van der Waals surface area contributed by atoms with Crippen LogP contribution in [-0.4, -0.2) is 35.3 Å². The quantitative estimate of drug-likeness (QED) is 0.241. The third-order valence-corrected chi connectivity index (χ3v) is 8.04. The molecule has 1 aliphatic heterocycles. The predicted molar refractivity (Wildman–Crippen MR) is 167 cm³/mol. The van der Waals surface area contributed by atoms with Crippen LogP contribution in [0.3, 0.4) is 0 Å². The number of carbonyl (C=O) groups is 2. The van der Waals surface area contributed by atoms with Gasteiger partial charge in [-0.3, -0.25) is 9.36 Å². The number of hydrogen-bond donors (Lipinski definition) is 1. The number of thiazole rings is 1. The first-order valence-corrected chi connectivity index (χ1v) is 15.1. The summed E-state index contributed by atoms with van der Waals surface area (Å²) in [5, 5.41) is 9.21. The number of benzene rings is 3. The van der Waals surface area contributed by atoms with Gasteiger partial charge in [0.2, 0.25) is 0 Å². The first kappa shape index (κ1) is 30.5. The van der Waals surface area contributed by atoms with Crippen molar-refractivity contribution < 1.29 is 28.9 Å². The number of carboxylic acids is 1. The molecule has 5 rings (SSSR count). The van der Waals surface area contributed by atoms with Crippen LogP contribution in [0.1, 0.15) is 59.8 Å². The second-order valence-electron chi connectivity index (χ2n) is 10.1. The zero-order valence-electron chi connectivity index (χ0n) is 24.6. The largest absolute Gasteiger partial charge is 0.497 e. The molecule has 10 heteroatoms. The molecule has 1 N–H and O–H groups in total. The van der Waals surface area contributed by atoms with Crippen molar-refractivity contribution >= 4 is 29.4 Å². The van der Waals surface area contributed by atoms with Crippen molar-refractivity contribution in [3.63, 3.8) is 0 Å². The van der Waals surface area contributed by atoms with Crippen molar-refractivity contribution in [2.24, 2.45) is 4.99 Å². The minimum absolute atomic E-state index is 0.200. The van der Waals surface area contributed by atoms with Crippen molar-refractivity contribution in [3.05, 3.63) is 126 Å². The molecule has 0 radical (unpaired) electrons. The van der Waals surface area contributed by atoms with Gasteiger partial charge >= 0.3 is 11.9 Å². The van der Waals surface area contributed by atoms with E-state index in [9.17, 15) is 19.5 Å². The second kappa shape index (κ2) is 13.6. The number of carboxylic acid groups (broad SMARTS) is 1. The van der Waals surface area contributed by atoms with E-state index in [2.05, 4.69) is 0 Å². The van der Waals surface area contributed by atoms with Crippen LogP contribution < -0.4 is 24.4 Å². The van der Waals surface area contributed by atoms with Crippen LogP contribution in [0.25, 0.3) is 6.08 Å². The van der Waals surface area contributed by atoms with E-state index in [1.54, 1.807) is 55.0 Å². The van der Waals surface area contributed by atoms with Gasteiger partial charge in [0.1, 0.15) is 18.1 Å². The van der Waals surface area contributed by atoms with Gasteiger partial charge in [0, 0.05) is 0 Å². The number of ether oxygens (including phenoxy) is 3. The number of esters is 1. The Morgan fingerprint density at radius 3 is 2.50 bits per heavy atom. The molecule has 2 heterocycles. The molecule has 0 fully saturated rings. The van der Waals surface area contributed by atoms with E-state index in [-0.39, 0.29) is 24.3 Å². The third kappa shape index (κ3) is 6.50. The summed E-state index contributed by atoms with van der Waals surface area (Å²) in [6, 6.07) is 20.5. The van der Waals surface area contributed by atoms with Gasteiger partial charge in [-0.15, -0.1) is 0 Å². The highest BCUT2D eigenvalue weighted by Gasteiger charge is 2.34. The van der Waals surface area contributed by atoms with E-state index in [1.165, 1.54) is 17.4 Å². The van der Waals surface area contributed by atoms with Crippen molar-refractivity contribution in [3.8, 4) is 11.5 Å². The lowest BCUT2D eigenvalue weighted by Gasteiger charge is -2.26. The molecule has 44 heavy (non-hydrogen) atoms. The van der Waals surface area contributed by atoms with E-state index in [0.29, 0.717) is 38.5 Å². The lowest BCUT2D eigenvalue weighted by molar-refractivity contribution is -0.139. The predicted octanol–water partition coefficient (Wildman–Crippen LogP) is 4.86. The number of nitrogens with zero attached hydrogens (tertiary/aromatic N) is 2. The first-order chi connectivity index (χ1) is 21.3. The van der Waals surface area contributed by atoms with Gasteiger partial charge in [-0.2, -0.15) is 0 Å². The third-order valence-electron chi connectivity index (χ3n) is 7.06. The van der Waals surface area contributed by atoms with Gasteiger partial charge in [0.25, 0.3) is 5.56 Å². The smallest absolute Gasteiger partial charge is 0.338 e. The summed E-state index contributed by atoms with van der Waals surface area (Å²) >= 11 is 1.27. The van der Waals surface area contributed by atoms with Crippen LogP contribution in [0.4, 0.5) is 0 Å². The number of aromatic carboxylic acids is 1. The first-order valence-electron chi connectivity index (χ1n) is 14.2. The molecule has 0 bridgehead atoms. The summed E-state index contributed by atoms with van der Waals surface area (Å²) in [7, 11) is 1.57. The number of aromatic nitrogens is 1. The Morgan fingerprint density at radius 1 is 1.02 bits per heavy atom. The molecular weight excluding hydrogens is 580 g/mol. The standard InChI is InChI=1S/C34H32N2O7S/c1-4-8-27-29(33(40)42-5-2)30(23-10-7-12-26(19-23)41-3)36-31(37)28(44-34(36)35-27)18-21-13-15-25(16-14-21)43-20-22-9-6-11-24(17-22)32(38)39/h6-7,9-19,30H,4-5,8,20H2,1-3H3,(H,38,39)/b28-18-/t30-/m1/s1. The number of methoxy groups -OCH3 is 1. The normalized spacial score (nSPS) is 14.5. The molecule has 1 atom stereocenters. The Kier molecular flexibility index (Phi) is 9.40. The maximum Gasteiger partial charge on any atom is 0.338 e. The van der Waals surface area contributed by atoms with Crippen LogP contribution in [0, 0.1) is 0 Å². The van der Waals surface area contributed by atoms with Crippen LogP contribution in [0.2, 0.25) is 0 Å². The average Bonchev–Trinajstić information content (AvgIpc) is 3.34. The highest BCUT2D eigenvalue weighted by atomic mass is 32.1. The number of rotatable bonds is 11. The highest BCUT2D eigenvalue weighted by Crippen LogP contribution is 2.34. The molecule has 4 aromatic rings. The molecule has 226 valence electrons. The Bertz CT molecular complexity index is 1900.